The lowest BCUT2D eigenvalue weighted by molar-refractivity contribution is 0.101. The van der Waals surface area contributed by atoms with Crippen molar-refractivity contribution < 1.29 is 13.6 Å². The third-order valence-corrected chi connectivity index (χ3v) is 3.54. The first-order valence-electron chi connectivity index (χ1n) is 6.45. The van der Waals surface area contributed by atoms with Crippen LogP contribution >= 0.6 is 0 Å². The zero-order chi connectivity index (χ0) is 14.1. The zero-order valence-corrected chi connectivity index (χ0v) is 10.6. The van der Waals surface area contributed by atoms with Gasteiger partial charge in [0.1, 0.15) is 5.69 Å². The van der Waals surface area contributed by atoms with Crippen LogP contribution in [0.1, 0.15) is 35.8 Å². The summed E-state index contributed by atoms with van der Waals surface area (Å²) in [6, 6.07) is 5.96. The van der Waals surface area contributed by atoms with E-state index in [0.717, 1.165) is 31.4 Å². The molecule has 1 amide bonds. The number of nitrogens with one attached hydrogen (secondary N) is 1. The maximum atomic E-state index is 13.4. The number of hydrogen-bond donors (Lipinski definition) is 1. The fraction of sp³-hybridized carbons (Fsp3) is 0.286. The van der Waals surface area contributed by atoms with E-state index < -0.39 is 17.8 Å². The Morgan fingerprint density at radius 2 is 2.10 bits per heavy atom. The Bertz CT molecular complexity index is 650. The second-order valence-electron chi connectivity index (χ2n) is 4.81. The van der Waals surface area contributed by atoms with Gasteiger partial charge in [0.15, 0.2) is 0 Å². The van der Waals surface area contributed by atoms with E-state index in [9.17, 15) is 13.6 Å². The Hall–Kier alpha value is -2.24. The van der Waals surface area contributed by atoms with Gasteiger partial charge in [-0.2, -0.15) is 13.8 Å². The number of nitrogens with zero attached hydrogens (tertiary/aromatic N) is 2. The van der Waals surface area contributed by atoms with E-state index in [1.165, 1.54) is 0 Å². The largest absolute Gasteiger partial charge is 0.340 e. The number of hydrogen-bond acceptors (Lipinski definition) is 2. The van der Waals surface area contributed by atoms with E-state index in [0.29, 0.717) is 11.7 Å². The summed E-state index contributed by atoms with van der Waals surface area (Å²) in [5.74, 6) is -2.37. The molecule has 0 radical (unpaired) electrons. The minimum Gasteiger partial charge on any atom is -0.340 e. The van der Waals surface area contributed by atoms with Crippen molar-refractivity contribution in [3.8, 4) is 0 Å². The molecule has 1 saturated carbocycles. The first kappa shape index (κ1) is 12.8. The second-order valence-corrected chi connectivity index (χ2v) is 4.81. The fourth-order valence-electron chi connectivity index (χ4n) is 2.26. The molecule has 0 saturated heterocycles. The van der Waals surface area contributed by atoms with Crippen LogP contribution in [0.5, 0.6) is 0 Å². The van der Waals surface area contributed by atoms with Gasteiger partial charge in [-0.3, -0.25) is 4.79 Å². The highest BCUT2D eigenvalue weighted by Gasteiger charge is 2.23. The topological polar surface area (TPSA) is 46.9 Å². The molecule has 6 heteroatoms. The molecule has 0 spiro atoms. The average molecular weight is 277 g/mol. The molecule has 0 aliphatic heterocycles. The van der Waals surface area contributed by atoms with Crippen molar-refractivity contribution in [3.05, 3.63) is 48.1 Å². The zero-order valence-electron chi connectivity index (χ0n) is 10.6. The van der Waals surface area contributed by atoms with Crippen molar-refractivity contribution in [1.82, 2.24) is 9.55 Å². The molecule has 104 valence electrons. The summed E-state index contributed by atoms with van der Waals surface area (Å²) < 4.78 is 28.0. The molecule has 1 aliphatic rings. The fourth-order valence-corrected chi connectivity index (χ4v) is 2.26. The Balaban J connectivity index is 1.81. The van der Waals surface area contributed by atoms with Gasteiger partial charge in [0.2, 0.25) is 11.9 Å². The Morgan fingerprint density at radius 3 is 2.75 bits per heavy atom. The second kappa shape index (κ2) is 5.03. The monoisotopic (exact) mass is 277 g/mol. The summed E-state index contributed by atoms with van der Waals surface area (Å²) in [5, 5.41) is 2.42. The molecule has 0 bridgehead atoms. The summed E-state index contributed by atoms with van der Waals surface area (Å²) in [4.78, 5) is 15.2. The summed E-state index contributed by atoms with van der Waals surface area (Å²) >= 11 is 0. The highest BCUT2D eigenvalue weighted by atomic mass is 19.1. The number of pyridine rings is 1. The van der Waals surface area contributed by atoms with Crippen LogP contribution in [0.3, 0.4) is 0 Å². The first-order chi connectivity index (χ1) is 9.65. The van der Waals surface area contributed by atoms with Gasteiger partial charge in [-0.05, 0) is 43.5 Å². The minimum atomic E-state index is -1.03. The molecule has 0 atom stereocenters. The molecule has 3 rings (SSSR count). The standard InChI is InChI=1S/C14H13F2N3O/c15-12-7-6-10(13(16)18-12)17-14(20)11-5-2-8-19(11)9-3-1-4-9/h2,5-9H,1,3-4H2,(H,17,20). The number of halogens is 2. The van der Waals surface area contributed by atoms with Crippen LogP contribution in [-0.2, 0) is 0 Å². The van der Waals surface area contributed by atoms with Crippen molar-refractivity contribution in [2.24, 2.45) is 0 Å². The minimum absolute atomic E-state index is 0.127. The number of carbonyl (C=O) groups is 1. The van der Waals surface area contributed by atoms with Crippen molar-refractivity contribution >= 4 is 11.6 Å². The molecule has 2 aromatic rings. The quantitative estimate of drug-likeness (QED) is 0.876. The lowest BCUT2D eigenvalue weighted by Gasteiger charge is -2.28. The van der Waals surface area contributed by atoms with Crippen molar-refractivity contribution in [3.63, 3.8) is 0 Å². The molecule has 4 nitrogen and oxygen atoms in total. The van der Waals surface area contributed by atoms with Crippen molar-refractivity contribution in [2.45, 2.75) is 25.3 Å². The van der Waals surface area contributed by atoms with E-state index in [1.807, 2.05) is 10.8 Å². The van der Waals surface area contributed by atoms with Gasteiger partial charge in [-0.1, -0.05) is 0 Å². The molecule has 1 fully saturated rings. The van der Waals surface area contributed by atoms with Gasteiger partial charge in [0.25, 0.3) is 5.91 Å². The molecular formula is C14H13F2N3O. The molecule has 0 unspecified atom stereocenters. The Kier molecular flexibility index (Phi) is 3.22. The summed E-state index contributed by atoms with van der Waals surface area (Å²) in [7, 11) is 0. The van der Waals surface area contributed by atoms with Crippen LogP contribution < -0.4 is 5.32 Å². The van der Waals surface area contributed by atoms with Crippen molar-refractivity contribution in [1.29, 1.82) is 0 Å². The van der Waals surface area contributed by atoms with Gasteiger partial charge in [0, 0.05) is 12.2 Å². The van der Waals surface area contributed by atoms with Crippen LogP contribution in [-0.4, -0.2) is 15.5 Å². The molecule has 1 N–H and O–H groups in total. The van der Waals surface area contributed by atoms with Gasteiger partial charge in [-0.25, -0.2) is 0 Å². The normalized spacial score (nSPS) is 14.9. The van der Waals surface area contributed by atoms with Crippen molar-refractivity contribution in [2.75, 3.05) is 5.32 Å². The number of amides is 1. The highest BCUT2D eigenvalue weighted by molar-refractivity contribution is 6.03. The smallest absolute Gasteiger partial charge is 0.272 e. The van der Waals surface area contributed by atoms with E-state index in [1.54, 1.807) is 12.1 Å². The van der Waals surface area contributed by atoms with Gasteiger partial charge >= 0.3 is 0 Å². The highest BCUT2D eigenvalue weighted by Crippen LogP contribution is 2.32. The van der Waals surface area contributed by atoms with Crippen LogP contribution in [0.25, 0.3) is 0 Å². The summed E-state index contributed by atoms with van der Waals surface area (Å²) in [5.41, 5.74) is 0.344. The molecular weight excluding hydrogens is 264 g/mol. The maximum Gasteiger partial charge on any atom is 0.272 e. The van der Waals surface area contributed by atoms with E-state index in [4.69, 9.17) is 0 Å². The van der Waals surface area contributed by atoms with Crippen LogP contribution in [0.15, 0.2) is 30.5 Å². The summed E-state index contributed by atoms with van der Waals surface area (Å²) in [6.45, 7) is 0. The predicted molar refractivity (Wildman–Crippen MR) is 69.4 cm³/mol. The average Bonchev–Trinajstić information content (AvgIpc) is 2.79. The first-order valence-corrected chi connectivity index (χ1v) is 6.45. The van der Waals surface area contributed by atoms with Crippen LogP contribution in [0.4, 0.5) is 14.5 Å². The van der Waals surface area contributed by atoms with E-state index in [-0.39, 0.29) is 5.69 Å². The molecule has 0 aromatic carbocycles. The molecule has 2 aromatic heterocycles. The molecule has 20 heavy (non-hydrogen) atoms. The summed E-state index contributed by atoms with van der Waals surface area (Å²) in [6.07, 6.45) is 5.08. The van der Waals surface area contributed by atoms with Crippen LogP contribution in [0.2, 0.25) is 0 Å². The Morgan fingerprint density at radius 1 is 1.30 bits per heavy atom. The number of aromatic nitrogens is 2. The van der Waals surface area contributed by atoms with Gasteiger partial charge in [0.05, 0.1) is 5.69 Å². The molecule has 2 heterocycles. The number of rotatable bonds is 3. The maximum absolute atomic E-state index is 13.4. The van der Waals surface area contributed by atoms with Gasteiger partial charge < -0.3 is 9.88 Å². The van der Waals surface area contributed by atoms with Crippen LogP contribution in [0, 0.1) is 11.9 Å². The lowest BCUT2D eigenvalue weighted by Crippen LogP contribution is -2.23. The third kappa shape index (κ3) is 2.29. The predicted octanol–water partition coefficient (Wildman–Crippen LogP) is 3.14. The molecule has 1 aliphatic carbocycles. The van der Waals surface area contributed by atoms with E-state index >= 15 is 0 Å². The number of carbonyl (C=O) groups excluding carboxylic acids is 1. The van der Waals surface area contributed by atoms with Gasteiger partial charge in [-0.15, -0.1) is 0 Å². The third-order valence-electron chi connectivity index (χ3n) is 3.54. The lowest BCUT2D eigenvalue weighted by atomic mass is 9.93. The number of anilines is 1. The SMILES string of the molecule is O=C(Nc1ccc(F)nc1F)c1cccn1C1CCC1. The Labute approximate surface area is 114 Å². The van der Waals surface area contributed by atoms with E-state index in [2.05, 4.69) is 10.3 Å².